The van der Waals surface area contributed by atoms with Gasteiger partial charge < -0.3 is 11.5 Å². The van der Waals surface area contributed by atoms with Crippen LogP contribution in [0.5, 0.6) is 0 Å². The molecule has 0 unspecified atom stereocenters. The van der Waals surface area contributed by atoms with Crippen molar-refractivity contribution in [2.75, 3.05) is 13.1 Å². The van der Waals surface area contributed by atoms with E-state index in [1.807, 2.05) is 0 Å². The molecule has 0 amide bonds. The van der Waals surface area contributed by atoms with Crippen molar-refractivity contribution >= 4 is 20.2 Å². The molecule has 0 aliphatic rings. The van der Waals surface area contributed by atoms with Crippen molar-refractivity contribution < 1.29 is 25.9 Å². The van der Waals surface area contributed by atoms with Crippen molar-refractivity contribution in [1.82, 2.24) is 0 Å². The molecule has 0 heterocycles. The van der Waals surface area contributed by atoms with Crippen LogP contribution in [0, 0.1) is 0 Å². The minimum Gasteiger partial charge on any atom is -0.330 e. The second kappa shape index (κ2) is 12.3. The average molecular weight is 397 g/mol. The summed E-state index contributed by atoms with van der Waals surface area (Å²) in [5.74, 6) is 0. The van der Waals surface area contributed by atoms with Crippen LogP contribution in [0.4, 0.5) is 0 Å². The second-order valence-corrected chi connectivity index (χ2v) is 8.77. The number of rotatable bonds is 10. The highest BCUT2D eigenvalue weighted by molar-refractivity contribution is 8.03. The number of hydrogen-bond acceptors (Lipinski definition) is 6. The van der Waals surface area contributed by atoms with Gasteiger partial charge in [0.25, 0.3) is 20.2 Å². The van der Waals surface area contributed by atoms with Gasteiger partial charge in [0.2, 0.25) is 4.58 Å². The Morgan fingerprint density at radius 3 is 1.40 bits per heavy atom. The van der Waals surface area contributed by atoms with Gasteiger partial charge in [0.1, 0.15) is 0 Å². The Balaban J connectivity index is 0.000000504. The fourth-order valence-electron chi connectivity index (χ4n) is 2.10. The van der Waals surface area contributed by atoms with Crippen LogP contribution < -0.4 is 11.5 Å². The Labute approximate surface area is 150 Å². The lowest BCUT2D eigenvalue weighted by atomic mass is 10.1. The highest BCUT2D eigenvalue weighted by Gasteiger charge is 2.36. The molecule has 0 spiro atoms. The quantitative estimate of drug-likeness (QED) is 0.343. The zero-order valence-electron chi connectivity index (χ0n) is 14.1. The lowest BCUT2D eigenvalue weighted by Gasteiger charge is -2.10. The van der Waals surface area contributed by atoms with Crippen LogP contribution in [-0.2, 0) is 20.2 Å². The summed E-state index contributed by atoms with van der Waals surface area (Å²) in [4.78, 5) is 0. The van der Waals surface area contributed by atoms with E-state index in [4.69, 9.17) is 20.6 Å². The van der Waals surface area contributed by atoms with E-state index in [-0.39, 0.29) is 5.56 Å². The first-order chi connectivity index (χ1) is 11.6. The molecule has 1 aromatic rings. The SMILES string of the molecule is NCCCCCCCCN.O=S(=O)(O)C(c1ccccc1)S(=O)(=O)O. The molecule has 1 aromatic carbocycles. The Morgan fingerprint density at radius 2 is 1.08 bits per heavy atom. The largest absolute Gasteiger partial charge is 0.330 e. The molecule has 0 aliphatic heterocycles. The van der Waals surface area contributed by atoms with E-state index in [1.54, 1.807) is 0 Å². The number of unbranched alkanes of at least 4 members (excludes halogenated alkanes) is 5. The molecular weight excluding hydrogens is 368 g/mol. The van der Waals surface area contributed by atoms with Gasteiger partial charge in [-0.2, -0.15) is 16.8 Å². The Morgan fingerprint density at radius 1 is 0.720 bits per heavy atom. The molecule has 0 saturated carbocycles. The first kappa shape index (κ1) is 24.0. The molecule has 0 saturated heterocycles. The molecule has 146 valence electrons. The predicted octanol–water partition coefficient (Wildman–Crippen LogP) is 1.71. The summed E-state index contributed by atoms with van der Waals surface area (Å²) in [6.45, 7) is 1.69. The fraction of sp³-hybridized carbons (Fsp3) is 0.600. The molecule has 0 aromatic heterocycles. The maximum atomic E-state index is 10.8. The number of benzene rings is 1. The molecule has 0 atom stereocenters. The van der Waals surface area contributed by atoms with Crippen molar-refractivity contribution in [3.05, 3.63) is 35.9 Å². The lowest BCUT2D eigenvalue weighted by Crippen LogP contribution is -2.21. The van der Waals surface area contributed by atoms with E-state index in [0.717, 1.165) is 13.1 Å². The van der Waals surface area contributed by atoms with Crippen molar-refractivity contribution in [2.24, 2.45) is 11.5 Å². The second-order valence-electron chi connectivity index (χ2n) is 5.47. The third-order valence-corrected chi connectivity index (χ3v) is 6.36. The van der Waals surface area contributed by atoms with Crippen LogP contribution in [0.1, 0.15) is 48.7 Å². The highest BCUT2D eigenvalue weighted by atomic mass is 32.3. The Bertz CT molecular complexity index is 623. The minimum atomic E-state index is -4.91. The third kappa shape index (κ3) is 11.2. The summed E-state index contributed by atoms with van der Waals surface area (Å²) in [7, 11) is -9.83. The van der Waals surface area contributed by atoms with Gasteiger partial charge in [-0.15, -0.1) is 0 Å². The van der Waals surface area contributed by atoms with Crippen molar-refractivity contribution in [2.45, 2.75) is 43.1 Å². The molecule has 1 rings (SSSR count). The highest BCUT2D eigenvalue weighted by Crippen LogP contribution is 2.26. The smallest absolute Gasteiger partial charge is 0.289 e. The number of hydrogen-bond donors (Lipinski definition) is 4. The zero-order valence-corrected chi connectivity index (χ0v) is 15.8. The van der Waals surface area contributed by atoms with Crippen LogP contribution in [0.25, 0.3) is 0 Å². The van der Waals surface area contributed by atoms with E-state index >= 15 is 0 Å². The standard InChI is InChI=1S/C8H20N2.C7H8O6S2/c9-7-5-3-1-2-4-6-8-10;8-14(9,10)7(15(11,12)13)6-4-2-1-3-5-6/h1-10H2;1-5,7H,(H,8,9,10)(H,11,12,13). The van der Waals surface area contributed by atoms with Gasteiger partial charge in [-0.3, -0.25) is 9.11 Å². The third-order valence-electron chi connectivity index (χ3n) is 3.27. The normalized spacial score (nSPS) is 11.9. The van der Waals surface area contributed by atoms with Gasteiger partial charge in [0, 0.05) is 0 Å². The molecule has 0 bridgehead atoms. The van der Waals surface area contributed by atoms with Gasteiger partial charge in [0.15, 0.2) is 0 Å². The van der Waals surface area contributed by atoms with E-state index in [9.17, 15) is 16.8 Å². The molecule has 10 heteroatoms. The molecule has 25 heavy (non-hydrogen) atoms. The predicted molar refractivity (Wildman–Crippen MR) is 98.1 cm³/mol. The van der Waals surface area contributed by atoms with Gasteiger partial charge in [-0.05, 0) is 31.5 Å². The summed E-state index contributed by atoms with van der Waals surface area (Å²) < 4.78 is 58.2. The molecule has 0 fully saturated rings. The molecule has 6 N–H and O–H groups in total. The van der Waals surface area contributed by atoms with E-state index in [2.05, 4.69) is 0 Å². The van der Waals surface area contributed by atoms with Crippen molar-refractivity contribution in [1.29, 1.82) is 0 Å². The topological polar surface area (TPSA) is 161 Å². The first-order valence-electron chi connectivity index (χ1n) is 8.02. The first-order valence-corrected chi connectivity index (χ1v) is 11.0. The average Bonchev–Trinajstić information content (AvgIpc) is 2.50. The van der Waals surface area contributed by atoms with Crippen molar-refractivity contribution in [3.63, 3.8) is 0 Å². The number of nitrogens with two attached hydrogens (primary N) is 2. The van der Waals surface area contributed by atoms with Crippen molar-refractivity contribution in [3.8, 4) is 0 Å². The Hall–Kier alpha value is -1.04. The minimum absolute atomic E-state index is 0.220. The van der Waals surface area contributed by atoms with Gasteiger partial charge in [-0.25, -0.2) is 0 Å². The van der Waals surface area contributed by atoms with Crippen LogP contribution >= 0.6 is 0 Å². The van der Waals surface area contributed by atoms with Crippen LogP contribution in [0.2, 0.25) is 0 Å². The van der Waals surface area contributed by atoms with Gasteiger partial charge >= 0.3 is 0 Å². The molecule has 8 nitrogen and oxygen atoms in total. The van der Waals surface area contributed by atoms with Crippen LogP contribution in [0.15, 0.2) is 30.3 Å². The summed E-state index contributed by atoms with van der Waals surface area (Å²) in [6, 6.07) is 6.66. The van der Waals surface area contributed by atoms with Gasteiger partial charge in [-0.1, -0.05) is 56.0 Å². The van der Waals surface area contributed by atoms with Crippen LogP contribution in [0.3, 0.4) is 0 Å². The maximum Gasteiger partial charge on any atom is 0.289 e. The fourth-order valence-corrected chi connectivity index (χ4v) is 4.34. The summed E-state index contributed by atoms with van der Waals surface area (Å²) in [6.07, 6.45) is 7.61. The summed E-state index contributed by atoms with van der Waals surface area (Å²) >= 11 is 0. The van der Waals surface area contributed by atoms with E-state index < -0.39 is 24.8 Å². The van der Waals surface area contributed by atoms with E-state index in [1.165, 1.54) is 68.9 Å². The molecule has 0 aliphatic carbocycles. The maximum absolute atomic E-state index is 10.8. The van der Waals surface area contributed by atoms with Crippen LogP contribution in [-0.4, -0.2) is 39.0 Å². The Kier molecular flexibility index (Phi) is 11.8. The summed E-state index contributed by atoms with van der Waals surface area (Å²) in [5.41, 5.74) is 10.5. The van der Waals surface area contributed by atoms with E-state index in [0.29, 0.717) is 0 Å². The monoisotopic (exact) mass is 396 g/mol. The molecular formula is C15H28N2O6S2. The summed E-state index contributed by atoms with van der Waals surface area (Å²) in [5, 5.41) is 0. The zero-order chi connectivity index (χ0) is 19.3. The molecule has 0 radical (unpaired) electrons. The van der Waals surface area contributed by atoms with Gasteiger partial charge in [0.05, 0.1) is 0 Å². The lowest BCUT2D eigenvalue weighted by molar-refractivity contribution is 0.456.